The zero-order chi connectivity index (χ0) is 44.4. The number of nitrogens with one attached hydrogen (secondary N) is 2. The first-order chi connectivity index (χ1) is 30.1. The van der Waals surface area contributed by atoms with E-state index in [1.807, 2.05) is 30.3 Å². The Labute approximate surface area is 366 Å². The molecule has 326 valence electrons. The Kier molecular flexibility index (Phi) is 10.7. The molecule has 0 spiro atoms. The van der Waals surface area contributed by atoms with E-state index < -0.39 is 29.7 Å². The molecule has 9 rings (SSSR count). The fourth-order valence-corrected chi connectivity index (χ4v) is 10.8. The second kappa shape index (κ2) is 16.1. The molecule has 4 fully saturated rings. The highest BCUT2D eigenvalue weighted by molar-refractivity contribution is 6.23. The summed E-state index contributed by atoms with van der Waals surface area (Å²) in [7, 11) is 2.16. The lowest BCUT2D eigenvalue weighted by molar-refractivity contribution is -0.163. The molecule has 5 heterocycles. The molecule has 0 bridgehead atoms. The molecule has 1 unspecified atom stereocenters. The first kappa shape index (κ1) is 41.9. The van der Waals surface area contributed by atoms with Crippen molar-refractivity contribution in [2.45, 2.75) is 96.6 Å². The van der Waals surface area contributed by atoms with Gasteiger partial charge in [-0.25, -0.2) is 4.98 Å². The molecule has 2 saturated heterocycles. The van der Waals surface area contributed by atoms with E-state index >= 15 is 0 Å². The third kappa shape index (κ3) is 7.53. The molecule has 15 nitrogen and oxygen atoms in total. The number of aromatic nitrogens is 2. The van der Waals surface area contributed by atoms with Crippen molar-refractivity contribution in [3.63, 3.8) is 0 Å². The fraction of sp³-hybridized carbons (Fsp3) is 0.458. The fourth-order valence-electron chi connectivity index (χ4n) is 10.8. The number of benzene rings is 2. The molecular weight excluding hydrogens is 801 g/mol. The first-order valence-corrected chi connectivity index (χ1v) is 21.8. The number of hydrogen-bond acceptors (Lipinski definition) is 12. The van der Waals surface area contributed by atoms with Crippen LogP contribution in [-0.2, 0) is 9.59 Å². The van der Waals surface area contributed by atoms with Gasteiger partial charge in [-0.2, -0.15) is 5.26 Å². The van der Waals surface area contributed by atoms with Crippen LogP contribution in [0.3, 0.4) is 0 Å². The van der Waals surface area contributed by atoms with Crippen LogP contribution >= 0.6 is 0 Å². The van der Waals surface area contributed by atoms with Crippen molar-refractivity contribution in [2.24, 2.45) is 16.7 Å². The smallest absolute Gasteiger partial charge is 0.262 e. The van der Waals surface area contributed by atoms with Gasteiger partial charge in [0.15, 0.2) is 0 Å². The van der Waals surface area contributed by atoms with E-state index in [0.29, 0.717) is 40.1 Å². The first-order valence-electron chi connectivity index (χ1n) is 21.8. The summed E-state index contributed by atoms with van der Waals surface area (Å²) >= 11 is 0. The summed E-state index contributed by atoms with van der Waals surface area (Å²) in [6.45, 7) is 11.2. The Morgan fingerprint density at radius 2 is 1.68 bits per heavy atom. The average Bonchev–Trinajstić information content (AvgIpc) is 3.50. The number of carbonyl (C=O) groups is 5. The number of imide groups is 2. The molecule has 2 aromatic heterocycles. The highest BCUT2D eigenvalue weighted by Gasteiger charge is 2.64. The molecule has 1 atom stereocenters. The summed E-state index contributed by atoms with van der Waals surface area (Å²) in [6.07, 6.45) is 7.07. The number of ether oxygens (including phenoxy) is 2. The van der Waals surface area contributed by atoms with E-state index in [2.05, 4.69) is 66.2 Å². The van der Waals surface area contributed by atoms with Crippen molar-refractivity contribution in [2.75, 3.05) is 31.6 Å². The number of anilines is 1. The molecule has 63 heavy (non-hydrogen) atoms. The normalized spacial score (nSPS) is 25.2. The molecule has 3 aliphatic heterocycles. The van der Waals surface area contributed by atoms with Gasteiger partial charge in [0.2, 0.25) is 11.8 Å². The molecule has 15 heteroatoms. The van der Waals surface area contributed by atoms with Crippen molar-refractivity contribution < 1.29 is 33.4 Å². The number of rotatable bonds is 11. The number of carbonyl (C=O) groups excluding carboxylic acids is 5. The summed E-state index contributed by atoms with van der Waals surface area (Å²) in [5.41, 5.74) is 1.29. The quantitative estimate of drug-likeness (QED) is 0.187. The lowest BCUT2D eigenvalue weighted by Gasteiger charge is -2.63. The van der Waals surface area contributed by atoms with Gasteiger partial charge in [0, 0.05) is 79.6 Å². The SMILES string of the molecule is CN(CC1CCN(c2ccc(C(=O)NC3C(C)(C)C(Oc4ccc(C#N)c5ncccc45)C3(C)C)cn2)CC1)[C@H]1C[C@H](Oc2ccc3c(c2)C(=O)N(C2CCC(=O)NC2=O)C3=O)C1. The van der Waals surface area contributed by atoms with Crippen LogP contribution in [0.15, 0.2) is 67.0 Å². The third-order valence-corrected chi connectivity index (χ3v) is 14.1. The molecule has 2 saturated carbocycles. The maximum Gasteiger partial charge on any atom is 0.262 e. The van der Waals surface area contributed by atoms with E-state index in [1.54, 1.807) is 36.7 Å². The number of nitriles is 1. The minimum atomic E-state index is -1.00. The monoisotopic (exact) mass is 852 g/mol. The van der Waals surface area contributed by atoms with Gasteiger partial charge in [-0.15, -0.1) is 0 Å². The number of fused-ring (bicyclic) bond motifs is 2. The number of pyridine rings is 2. The van der Waals surface area contributed by atoms with Crippen molar-refractivity contribution in [1.82, 2.24) is 30.4 Å². The molecule has 2 aliphatic carbocycles. The van der Waals surface area contributed by atoms with Crippen molar-refractivity contribution in [3.05, 3.63) is 89.2 Å². The second-order valence-corrected chi connectivity index (χ2v) is 19.0. The van der Waals surface area contributed by atoms with Gasteiger partial charge in [-0.3, -0.25) is 39.2 Å². The van der Waals surface area contributed by atoms with E-state index in [-0.39, 0.29) is 59.0 Å². The van der Waals surface area contributed by atoms with Gasteiger partial charge in [0.1, 0.15) is 41.6 Å². The predicted molar refractivity (Wildman–Crippen MR) is 232 cm³/mol. The van der Waals surface area contributed by atoms with Crippen molar-refractivity contribution in [3.8, 4) is 17.6 Å². The van der Waals surface area contributed by atoms with Gasteiger partial charge in [-0.05, 0) is 86.8 Å². The van der Waals surface area contributed by atoms with Crippen LogP contribution in [0.5, 0.6) is 11.5 Å². The number of piperidine rings is 2. The highest BCUT2D eigenvalue weighted by atomic mass is 16.5. The Hall–Kier alpha value is -6.40. The second-order valence-electron chi connectivity index (χ2n) is 19.0. The van der Waals surface area contributed by atoms with Gasteiger partial charge < -0.3 is 24.6 Å². The number of hydrogen-bond donors (Lipinski definition) is 2. The van der Waals surface area contributed by atoms with Gasteiger partial charge >= 0.3 is 0 Å². The lowest BCUT2D eigenvalue weighted by atomic mass is 9.49. The zero-order valence-electron chi connectivity index (χ0n) is 36.2. The zero-order valence-corrected chi connectivity index (χ0v) is 36.2. The molecule has 0 radical (unpaired) electrons. The van der Waals surface area contributed by atoms with Crippen LogP contribution in [0.4, 0.5) is 5.82 Å². The Balaban J connectivity index is 0.722. The van der Waals surface area contributed by atoms with Crippen molar-refractivity contribution >= 4 is 46.3 Å². The topological polar surface area (TPSA) is 187 Å². The lowest BCUT2D eigenvalue weighted by Crippen LogP contribution is -2.74. The maximum atomic E-state index is 13.6. The van der Waals surface area contributed by atoms with Crippen molar-refractivity contribution in [1.29, 1.82) is 5.26 Å². The van der Waals surface area contributed by atoms with Gasteiger partial charge in [0.05, 0.1) is 27.8 Å². The van der Waals surface area contributed by atoms with Gasteiger partial charge in [0.25, 0.3) is 17.7 Å². The minimum absolute atomic E-state index is 0.0105. The standard InChI is InChI=1S/C48H52N8O7/c1-47(2)45(48(3,4)46(47)63-37-13-8-28(24-49)40-34(37)7-6-18-50-40)53-41(58)29-9-14-38(51-25-29)55-19-16-27(17-20-55)26-54(5)30-21-32(22-30)62-31-10-11-33-35(23-31)44(61)56(43(33)60)36-12-15-39(57)52-42(36)59/h6-11,13-14,18,23,25,27,30,32,36,45-46H,12,15-17,19-22,26H2,1-5H3,(H,53,58)(H,52,57,59)/t30-,32-,36?,45?,46?. The number of nitrogens with zero attached hydrogens (tertiary/aromatic N) is 6. The van der Waals surface area contributed by atoms with E-state index in [1.165, 1.54) is 0 Å². The summed E-state index contributed by atoms with van der Waals surface area (Å²) in [4.78, 5) is 78.7. The highest BCUT2D eigenvalue weighted by Crippen LogP contribution is 2.56. The third-order valence-electron chi connectivity index (χ3n) is 14.1. The molecular formula is C48H52N8O7. The molecule has 5 aliphatic rings. The van der Waals surface area contributed by atoms with Crippen LogP contribution < -0.4 is 25.0 Å². The Bertz CT molecular complexity index is 2540. The van der Waals surface area contributed by atoms with Crippen LogP contribution in [0.25, 0.3) is 10.9 Å². The summed E-state index contributed by atoms with van der Waals surface area (Å²) in [6, 6.07) is 17.4. The Morgan fingerprint density at radius 3 is 2.38 bits per heavy atom. The van der Waals surface area contributed by atoms with Crippen LogP contribution in [0, 0.1) is 28.1 Å². The minimum Gasteiger partial charge on any atom is -0.490 e. The van der Waals surface area contributed by atoms with E-state index in [0.717, 1.165) is 61.4 Å². The predicted octanol–water partition coefficient (Wildman–Crippen LogP) is 5.27. The van der Waals surface area contributed by atoms with Crippen LogP contribution in [-0.4, -0.2) is 106 Å². The molecule has 5 amide bonds. The number of amides is 5. The summed E-state index contributed by atoms with van der Waals surface area (Å²) in [5, 5.41) is 15.9. The Morgan fingerprint density at radius 1 is 0.937 bits per heavy atom. The van der Waals surface area contributed by atoms with Crippen LogP contribution in [0.1, 0.15) is 103 Å². The molecule has 4 aromatic rings. The summed E-state index contributed by atoms with van der Waals surface area (Å²) < 4.78 is 12.9. The molecule has 2 N–H and O–H groups in total. The largest absolute Gasteiger partial charge is 0.490 e. The van der Waals surface area contributed by atoms with E-state index in [9.17, 15) is 29.2 Å². The molecule has 2 aromatic carbocycles. The van der Waals surface area contributed by atoms with Gasteiger partial charge in [-0.1, -0.05) is 27.7 Å². The average molecular weight is 853 g/mol. The summed E-state index contributed by atoms with van der Waals surface area (Å²) in [5.74, 6) is 0.295. The maximum absolute atomic E-state index is 13.6. The van der Waals surface area contributed by atoms with Crippen LogP contribution in [0.2, 0.25) is 0 Å². The van der Waals surface area contributed by atoms with E-state index in [4.69, 9.17) is 14.5 Å².